The van der Waals surface area contributed by atoms with Crippen LogP contribution in [0.5, 0.6) is 0 Å². The van der Waals surface area contributed by atoms with Gasteiger partial charge in [-0.1, -0.05) is 11.6 Å². The molecule has 17 heavy (non-hydrogen) atoms. The number of pyridine rings is 1. The monoisotopic (exact) mass is 264 g/mol. The molecule has 0 saturated heterocycles. The van der Waals surface area contributed by atoms with Gasteiger partial charge in [0.05, 0.1) is 17.7 Å². The number of rotatable bonds is 4. The number of aromatic nitrogens is 1. The van der Waals surface area contributed by atoms with Crippen LogP contribution in [-0.2, 0) is 11.3 Å². The van der Waals surface area contributed by atoms with Gasteiger partial charge < -0.3 is 10.5 Å². The topological polar surface area (TPSA) is 65.2 Å². The zero-order chi connectivity index (χ0) is 13.0. The molecule has 2 N–H and O–H groups in total. The number of nitrogens with two attached hydrogens (primary N) is 1. The van der Waals surface area contributed by atoms with Crippen molar-refractivity contribution in [2.24, 2.45) is 5.73 Å². The SMILES string of the molecule is CCOC(=O)c1c(CN)cnc(Cl)c1C(F)F. The lowest BCUT2D eigenvalue weighted by Gasteiger charge is -2.13. The molecular formula is C10H11ClF2N2O2. The fraction of sp³-hybridized carbons (Fsp3) is 0.400. The number of carbonyl (C=O) groups is 1. The van der Waals surface area contributed by atoms with E-state index in [1.807, 2.05) is 0 Å². The molecule has 1 aromatic rings. The molecule has 94 valence electrons. The van der Waals surface area contributed by atoms with Crippen molar-refractivity contribution in [3.8, 4) is 0 Å². The van der Waals surface area contributed by atoms with Crippen LogP contribution in [0.25, 0.3) is 0 Å². The van der Waals surface area contributed by atoms with Crippen LogP contribution < -0.4 is 5.73 Å². The second-order valence-corrected chi connectivity index (χ2v) is 3.45. The molecule has 0 radical (unpaired) electrons. The van der Waals surface area contributed by atoms with Crippen LogP contribution in [0, 0.1) is 0 Å². The number of hydrogen-bond acceptors (Lipinski definition) is 4. The molecule has 0 aromatic carbocycles. The van der Waals surface area contributed by atoms with Crippen molar-refractivity contribution in [1.29, 1.82) is 0 Å². The highest BCUT2D eigenvalue weighted by atomic mass is 35.5. The summed E-state index contributed by atoms with van der Waals surface area (Å²) >= 11 is 5.56. The summed E-state index contributed by atoms with van der Waals surface area (Å²) in [7, 11) is 0. The third-order valence-corrected chi connectivity index (χ3v) is 2.37. The molecule has 0 aliphatic carbocycles. The van der Waals surface area contributed by atoms with Gasteiger partial charge in [-0.3, -0.25) is 0 Å². The zero-order valence-electron chi connectivity index (χ0n) is 9.04. The summed E-state index contributed by atoms with van der Waals surface area (Å²) in [5.74, 6) is -0.868. The van der Waals surface area contributed by atoms with Crippen LogP contribution in [0.3, 0.4) is 0 Å². The fourth-order valence-electron chi connectivity index (χ4n) is 1.34. The van der Waals surface area contributed by atoms with Gasteiger partial charge in [0.2, 0.25) is 0 Å². The molecule has 4 nitrogen and oxygen atoms in total. The molecule has 0 fully saturated rings. The number of esters is 1. The Morgan fingerprint density at radius 3 is 2.76 bits per heavy atom. The van der Waals surface area contributed by atoms with Gasteiger partial charge >= 0.3 is 5.97 Å². The first-order valence-electron chi connectivity index (χ1n) is 4.85. The van der Waals surface area contributed by atoms with E-state index in [9.17, 15) is 13.6 Å². The number of halogens is 3. The molecule has 0 unspecified atom stereocenters. The van der Waals surface area contributed by atoms with Crippen molar-refractivity contribution in [1.82, 2.24) is 4.98 Å². The minimum Gasteiger partial charge on any atom is -0.462 e. The number of hydrogen-bond donors (Lipinski definition) is 1. The Balaban J connectivity index is 3.40. The van der Waals surface area contributed by atoms with Gasteiger partial charge in [-0.25, -0.2) is 18.6 Å². The minimum absolute atomic E-state index is 0.0749. The molecule has 1 rings (SSSR count). The van der Waals surface area contributed by atoms with Crippen LogP contribution in [0.1, 0.15) is 34.8 Å². The minimum atomic E-state index is -2.92. The van der Waals surface area contributed by atoms with E-state index < -0.39 is 23.1 Å². The van der Waals surface area contributed by atoms with Crippen molar-refractivity contribution in [2.75, 3.05) is 6.61 Å². The Kier molecular flexibility index (Phi) is 4.77. The molecule has 0 amide bonds. The lowest BCUT2D eigenvalue weighted by Crippen LogP contribution is -2.15. The maximum atomic E-state index is 12.8. The van der Waals surface area contributed by atoms with Crippen LogP contribution in [0.15, 0.2) is 6.20 Å². The first-order valence-corrected chi connectivity index (χ1v) is 5.23. The van der Waals surface area contributed by atoms with E-state index in [1.165, 1.54) is 6.20 Å². The van der Waals surface area contributed by atoms with Crippen LogP contribution in [0.4, 0.5) is 8.78 Å². The van der Waals surface area contributed by atoms with Crippen molar-refractivity contribution >= 4 is 17.6 Å². The van der Waals surface area contributed by atoms with Gasteiger partial charge in [-0.2, -0.15) is 0 Å². The molecule has 0 atom stereocenters. The Morgan fingerprint density at radius 1 is 1.65 bits per heavy atom. The summed E-state index contributed by atoms with van der Waals surface area (Å²) in [6.07, 6.45) is -1.72. The molecule has 0 bridgehead atoms. The Hall–Kier alpha value is -1.27. The van der Waals surface area contributed by atoms with Crippen molar-refractivity contribution in [3.63, 3.8) is 0 Å². The highest BCUT2D eigenvalue weighted by Gasteiger charge is 2.26. The third-order valence-electron chi connectivity index (χ3n) is 2.06. The van der Waals surface area contributed by atoms with Crippen molar-refractivity contribution in [2.45, 2.75) is 19.9 Å². The van der Waals surface area contributed by atoms with Gasteiger partial charge in [0.25, 0.3) is 6.43 Å². The second-order valence-electron chi connectivity index (χ2n) is 3.09. The maximum absolute atomic E-state index is 12.8. The molecule has 0 aliphatic rings. The van der Waals surface area contributed by atoms with E-state index in [0.717, 1.165) is 0 Å². The van der Waals surface area contributed by atoms with Crippen LogP contribution in [-0.4, -0.2) is 17.6 Å². The second kappa shape index (κ2) is 5.88. The highest BCUT2D eigenvalue weighted by Crippen LogP contribution is 2.31. The van der Waals surface area contributed by atoms with Crippen molar-refractivity contribution < 1.29 is 18.3 Å². The summed E-state index contributed by atoms with van der Waals surface area (Å²) in [4.78, 5) is 15.2. The molecule has 1 aromatic heterocycles. The highest BCUT2D eigenvalue weighted by molar-refractivity contribution is 6.30. The van der Waals surface area contributed by atoms with Crippen LogP contribution >= 0.6 is 11.6 Å². The summed E-state index contributed by atoms with van der Waals surface area (Å²) in [5, 5.41) is -0.416. The van der Waals surface area contributed by atoms with Crippen molar-refractivity contribution in [3.05, 3.63) is 28.0 Å². The quantitative estimate of drug-likeness (QED) is 0.669. The fourth-order valence-corrected chi connectivity index (χ4v) is 1.57. The lowest BCUT2D eigenvalue weighted by molar-refractivity contribution is 0.0513. The smallest absolute Gasteiger partial charge is 0.339 e. The van der Waals surface area contributed by atoms with Gasteiger partial charge in [0.1, 0.15) is 5.15 Å². The Bertz CT molecular complexity index is 427. The van der Waals surface area contributed by atoms with Gasteiger partial charge in [0, 0.05) is 12.7 Å². The molecular weight excluding hydrogens is 254 g/mol. The Labute approximate surface area is 102 Å². The van der Waals surface area contributed by atoms with E-state index in [-0.39, 0.29) is 24.3 Å². The largest absolute Gasteiger partial charge is 0.462 e. The normalized spacial score (nSPS) is 10.7. The summed E-state index contributed by atoms with van der Waals surface area (Å²) < 4.78 is 30.4. The summed E-state index contributed by atoms with van der Waals surface area (Å²) in [6.45, 7) is 1.55. The van der Waals surface area contributed by atoms with Gasteiger partial charge in [-0.05, 0) is 12.5 Å². The number of alkyl halides is 2. The predicted molar refractivity (Wildman–Crippen MR) is 58.1 cm³/mol. The first kappa shape index (κ1) is 13.8. The van der Waals surface area contributed by atoms with E-state index in [4.69, 9.17) is 22.1 Å². The lowest BCUT2D eigenvalue weighted by atomic mass is 10.0. The van der Waals surface area contributed by atoms with Gasteiger partial charge in [0.15, 0.2) is 0 Å². The first-order chi connectivity index (χ1) is 8.02. The van der Waals surface area contributed by atoms with E-state index in [1.54, 1.807) is 6.92 Å². The van der Waals surface area contributed by atoms with Crippen LogP contribution in [0.2, 0.25) is 5.15 Å². The van der Waals surface area contributed by atoms with Gasteiger partial charge in [-0.15, -0.1) is 0 Å². The molecule has 0 saturated carbocycles. The third kappa shape index (κ3) is 2.89. The molecule has 7 heteroatoms. The number of carbonyl (C=O) groups excluding carboxylic acids is 1. The van der Waals surface area contributed by atoms with E-state index in [0.29, 0.717) is 0 Å². The molecule has 0 spiro atoms. The maximum Gasteiger partial charge on any atom is 0.339 e. The predicted octanol–water partition coefficient (Wildman–Crippen LogP) is 2.31. The number of nitrogens with zero attached hydrogens (tertiary/aromatic N) is 1. The van der Waals surface area contributed by atoms with E-state index >= 15 is 0 Å². The zero-order valence-corrected chi connectivity index (χ0v) is 9.80. The Morgan fingerprint density at radius 2 is 2.29 bits per heavy atom. The average molecular weight is 265 g/mol. The standard InChI is InChI=1S/C10H11ClF2N2O2/c1-2-17-10(16)6-5(3-14)4-15-8(11)7(6)9(12)13/h4,9H,2-3,14H2,1H3. The molecule has 1 heterocycles. The van der Waals surface area contributed by atoms with E-state index in [2.05, 4.69) is 4.98 Å². The summed E-state index contributed by atoms with van der Waals surface area (Å²) in [6, 6.07) is 0. The average Bonchev–Trinajstić information content (AvgIpc) is 2.28. The summed E-state index contributed by atoms with van der Waals surface area (Å²) in [5.41, 5.74) is 4.63. The molecule has 0 aliphatic heterocycles. The number of ether oxygens (including phenoxy) is 1.